The average molecular weight is 305 g/mol. The van der Waals surface area contributed by atoms with E-state index in [1.807, 2.05) is 36.7 Å². The Morgan fingerprint density at radius 1 is 1.48 bits per heavy atom. The molecule has 2 aromatic rings. The number of ether oxygens (including phenoxy) is 1. The Morgan fingerprint density at radius 2 is 2.29 bits per heavy atom. The van der Waals surface area contributed by atoms with Crippen LogP contribution in [-0.4, -0.2) is 23.2 Å². The Morgan fingerprint density at radius 3 is 2.90 bits per heavy atom. The zero-order valence-electron chi connectivity index (χ0n) is 12.2. The molecule has 0 spiro atoms. The van der Waals surface area contributed by atoms with E-state index in [2.05, 4.69) is 4.98 Å². The van der Waals surface area contributed by atoms with Gasteiger partial charge in [0.05, 0.1) is 24.2 Å². The predicted molar refractivity (Wildman–Crippen MR) is 83.0 cm³/mol. The third-order valence-electron chi connectivity index (χ3n) is 3.53. The number of benzene rings is 1. The van der Waals surface area contributed by atoms with Crippen molar-refractivity contribution in [3.8, 4) is 5.75 Å². The minimum atomic E-state index is -0.750. The van der Waals surface area contributed by atoms with Gasteiger partial charge in [0, 0.05) is 4.88 Å². The second-order valence-corrected chi connectivity index (χ2v) is 5.93. The van der Waals surface area contributed by atoms with Gasteiger partial charge >= 0.3 is 5.97 Å². The molecule has 21 heavy (non-hydrogen) atoms. The Hall–Kier alpha value is -1.88. The molecule has 1 N–H and O–H groups in total. The van der Waals surface area contributed by atoms with E-state index in [0.717, 1.165) is 23.4 Å². The van der Waals surface area contributed by atoms with Gasteiger partial charge in [-0.15, -0.1) is 11.3 Å². The van der Waals surface area contributed by atoms with Gasteiger partial charge in [0.25, 0.3) is 0 Å². The molecule has 1 heterocycles. The number of carboxylic acid groups (broad SMARTS) is 1. The summed E-state index contributed by atoms with van der Waals surface area (Å²) >= 11 is 1.59. The van der Waals surface area contributed by atoms with Gasteiger partial charge in [-0.25, -0.2) is 4.98 Å². The van der Waals surface area contributed by atoms with Crippen LogP contribution in [0.1, 0.15) is 22.6 Å². The maximum absolute atomic E-state index is 11.5. The zero-order chi connectivity index (χ0) is 15.2. The van der Waals surface area contributed by atoms with E-state index in [4.69, 9.17) is 4.74 Å². The number of carboxylic acids is 1. The van der Waals surface area contributed by atoms with Crippen LogP contribution in [0.3, 0.4) is 0 Å². The summed E-state index contributed by atoms with van der Waals surface area (Å²) in [6.45, 7) is 1.96. The summed E-state index contributed by atoms with van der Waals surface area (Å²) in [6, 6.07) is 7.59. The molecule has 112 valence electrons. The van der Waals surface area contributed by atoms with Gasteiger partial charge < -0.3 is 9.84 Å². The fourth-order valence-electron chi connectivity index (χ4n) is 2.27. The summed E-state index contributed by atoms with van der Waals surface area (Å²) in [7, 11) is 1.61. The number of hydrogen-bond acceptors (Lipinski definition) is 4. The van der Waals surface area contributed by atoms with Crippen molar-refractivity contribution in [2.45, 2.75) is 26.2 Å². The van der Waals surface area contributed by atoms with Crippen LogP contribution in [0.5, 0.6) is 5.75 Å². The van der Waals surface area contributed by atoms with E-state index in [0.29, 0.717) is 12.8 Å². The maximum Gasteiger partial charge on any atom is 0.306 e. The summed E-state index contributed by atoms with van der Waals surface area (Å²) in [5.74, 6) is -0.381. The number of aliphatic carboxylic acids is 1. The molecule has 0 saturated heterocycles. The van der Waals surface area contributed by atoms with E-state index in [9.17, 15) is 9.90 Å². The van der Waals surface area contributed by atoms with Crippen molar-refractivity contribution in [3.63, 3.8) is 0 Å². The zero-order valence-corrected chi connectivity index (χ0v) is 13.0. The summed E-state index contributed by atoms with van der Waals surface area (Å²) in [4.78, 5) is 16.8. The maximum atomic E-state index is 11.5. The highest BCUT2D eigenvalue weighted by Crippen LogP contribution is 2.22. The number of carbonyl (C=O) groups is 1. The first-order valence-corrected chi connectivity index (χ1v) is 7.73. The minimum absolute atomic E-state index is 0.390. The van der Waals surface area contributed by atoms with Crippen LogP contribution in [0.2, 0.25) is 0 Å². The molecule has 4 nitrogen and oxygen atoms in total. The standard InChI is InChI=1S/C16H19NO3S/c1-11-15(21-10-17-11)7-6-13(16(18)19)8-12-4-3-5-14(9-12)20-2/h3-5,9-10,13H,6-8H2,1-2H3,(H,18,19). The van der Waals surface area contributed by atoms with Crippen LogP contribution in [0.15, 0.2) is 29.8 Å². The van der Waals surface area contributed by atoms with Gasteiger partial charge in [-0.1, -0.05) is 12.1 Å². The molecule has 1 aromatic heterocycles. The Labute approximate surface area is 128 Å². The number of nitrogens with zero attached hydrogens (tertiary/aromatic N) is 1. The van der Waals surface area contributed by atoms with Gasteiger partial charge in [0.2, 0.25) is 0 Å². The van der Waals surface area contributed by atoms with Crippen molar-refractivity contribution in [2.75, 3.05) is 7.11 Å². The summed E-state index contributed by atoms with van der Waals surface area (Å²) < 4.78 is 5.18. The highest BCUT2D eigenvalue weighted by atomic mass is 32.1. The van der Waals surface area contributed by atoms with Crippen molar-refractivity contribution in [2.24, 2.45) is 5.92 Å². The molecule has 0 aliphatic heterocycles. The topological polar surface area (TPSA) is 59.4 Å². The van der Waals surface area contributed by atoms with Gasteiger partial charge in [0.15, 0.2) is 0 Å². The third kappa shape index (κ3) is 4.29. The molecule has 5 heteroatoms. The van der Waals surface area contributed by atoms with Crippen LogP contribution in [-0.2, 0) is 17.6 Å². The van der Waals surface area contributed by atoms with Crippen LogP contribution in [0, 0.1) is 12.8 Å². The first kappa shape index (κ1) is 15.5. The molecule has 0 saturated carbocycles. The Kier molecular flexibility index (Phi) is 5.33. The van der Waals surface area contributed by atoms with Crippen LogP contribution < -0.4 is 4.74 Å². The second kappa shape index (κ2) is 7.22. The fraction of sp³-hybridized carbons (Fsp3) is 0.375. The van der Waals surface area contributed by atoms with Crippen molar-refractivity contribution in [1.82, 2.24) is 4.98 Å². The lowest BCUT2D eigenvalue weighted by molar-refractivity contribution is -0.141. The summed E-state index contributed by atoms with van der Waals surface area (Å²) in [5.41, 5.74) is 3.80. The Bertz CT molecular complexity index is 609. The number of hydrogen-bond donors (Lipinski definition) is 1. The van der Waals surface area contributed by atoms with Crippen molar-refractivity contribution in [3.05, 3.63) is 45.9 Å². The number of aryl methyl sites for hydroxylation is 2. The highest BCUT2D eigenvalue weighted by Gasteiger charge is 2.19. The molecule has 1 atom stereocenters. The van der Waals surface area contributed by atoms with Gasteiger partial charge in [-0.05, 0) is 43.9 Å². The van der Waals surface area contributed by atoms with Gasteiger partial charge in [-0.2, -0.15) is 0 Å². The summed E-state index contributed by atoms with van der Waals surface area (Å²) in [5, 5.41) is 9.42. The SMILES string of the molecule is COc1cccc(CC(CCc2scnc2C)C(=O)O)c1. The highest BCUT2D eigenvalue weighted by molar-refractivity contribution is 7.09. The fourth-order valence-corrected chi connectivity index (χ4v) is 3.07. The van der Waals surface area contributed by atoms with Crippen LogP contribution in [0.25, 0.3) is 0 Å². The number of rotatable bonds is 7. The molecule has 0 fully saturated rings. The van der Waals surface area contributed by atoms with E-state index in [1.165, 1.54) is 4.88 Å². The largest absolute Gasteiger partial charge is 0.497 e. The lowest BCUT2D eigenvalue weighted by atomic mass is 9.94. The number of methoxy groups -OCH3 is 1. The van der Waals surface area contributed by atoms with E-state index >= 15 is 0 Å². The van der Waals surface area contributed by atoms with Gasteiger partial charge in [-0.3, -0.25) is 4.79 Å². The molecule has 1 aromatic carbocycles. The molecule has 2 rings (SSSR count). The van der Waals surface area contributed by atoms with Crippen molar-refractivity contribution in [1.29, 1.82) is 0 Å². The molecular formula is C16H19NO3S. The predicted octanol–water partition coefficient (Wildman–Crippen LogP) is 3.34. The average Bonchev–Trinajstić information content (AvgIpc) is 2.88. The molecule has 1 unspecified atom stereocenters. The molecular weight excluding hydrogens is 286 g/mol. The van der Waals surface area contributed by atoms with Crippen molar-refractivity contribution < 1.29 is 14.6 Å². The van der Waals surface area contributed by atoms with Gasteiger partial charge in [0.1, 0.15) is 5.75 Å². The van der Waals surface area contributed by atoms with Crippen LogP contribution in [0.4, 0.5) is 0 Å². The normalized spacial score (nSPS) is 12.1. The molecule has 0 amide bonds. The second-order valence-electron chi connectivity index (χ2n) is 4.99. The lowest BCUT2D eigenvalue weighted by Gasteiger charge is -2.12. The number of thiazole rings is 1. The van der Waals surface area contributed by atoms with Crippen LogP contribution >= 0.6 is 11.3 Å². The quantitative estimate of drug-likeness (QED) is 0.852. The van der Waals surface area contributed by atoms with Crippen molar-refractivity contribution >= 4 is 17.3 Å². The first-order chi connectivity index (χ1) is 10.1. The van der Waals surface area contributed by atoms with E-state index in [-0.39, 0.29) is 0 Å². The lowest BCUT2D eigenvalue weighted by Crippen LogP contribution is -2.17. The first-order valence-electron chi connectivity index (χ1n) is 6.85. The molecule has 0 aliphatic carbocycles. The summed E-state index contributed by atoms with van der Waals surface area (Å²) in [6.07, 6.45) is 1.90. The number of aromatic nitrogens is 1. The molecule has 0 radical (unpaired) electrons. The van der Waals surface area contributed by atoms with E-state index < -0.39 is 11.9 Å². The molecule has 0 aliphatic rings. The smallest absolute Gasteiger partial charge is 0.306 e. The monoisotopic (exact) mass is 305 g/mol. The Balaban J connectivity index is 2.02. The third-order valence-corrected chi connectivity index (χ3v) is 4.53. The minimum Gasteiger partial charge on any atom is -0.497 e. The molecule has 0 bridgehead atoms. The van der Waals surface area contributed by atoms with E-state index in [1.54, 1.807) is 18.4 Å².